The highest BCUT2D eigenvalue weighted by Gasteiger charge is 2.28. The number of aliphatic hydroxyl groups is 2. The van der Waals surface area contributed by atoms with Gasteiger partial charge in [-0.25, -0.2) is 4.79 Å². The molecule has 6 atom stereocenters. The number of hydrogen-bond acceptors (Lipinski definition) is 13. The summed E-state index contributed by atoms with van der Waals surface area (Å²) in [5.74, 6) is -4.96. The minimum Gasteiger partial charge on any atom is -0.508 e. The summed E-state index contributed by atoms with van der Waals surface area (Å²) in [5, 5.41) is 51.1. The van der Waals surface area contributed by atoms with Crippen LogP contribution < -0.4 is 49.5 Å². The van der Waals surface area contributed by atoms with Crippen molar-refractivity contribution in [1.82, 2.24) is 26.6 Å². The van der Waals surface area contributed by atoms with Gasteiger partial charge in [0.15, 0.2) is 0 Å². The van der Waals surface area contributed by atoms with E-state index in [0.717, 1.165) is 0 Å². The van der Waals surface area contributed by atoms with Gasteiger partial charge < -0.3 is 69.9 Å². The Hall–Kier alpha value is -4.40. The molecule has 0 aliphatic carbocycles. The van der Waals surface area contributed by atoms with Gasteiger partial charge in [0.25, 0.3) is 5.91 Å². The molecule has 0 spiro atoms. The van der Waals surface area contributed by atoms with Crippen molar-refractivity contribution < 1.29 is 49.2 Å². The van der Waals surface area contributed by atoms with Crippen molar-refractivity contribution in [3.8, 4) is 5.75 Å². The predicted octanol–water partition coefficient (Wildman–Crippen LogP) is -4.90. The first-order valence-electron chi connectivity index (χ1n) is 15.4. The highest BCUT2D eigenvalue weighted by molar-refractivity contribution is 5.92. The van der Waals surface area contributed by atoms with Crippen LogP contribution in [0.3, 0.4) is 0 Å². The Balaban J connectivity index is 2.49. The molecule has 0 radical (unpaired) electrons. The number of amides is 5. The van der Waals surface area contributed by atoms with Crippen LogP contribution in [0.4, 0.5) is 0 Å². The van der Waals surface area contributed by atoms with Crippen LogP contribution in [0, 0.1) is 0 Å². The fourth-order valence-corrected chi connectivity index (χ4v) is 4.18. The van der Waals surface area contributed by atoms with Crippen molar-refractivity contribution in [3.63, 3.8) is 0 Å². The van der Waals surface area contributed by atoms with Crippen molar-refractivity contribution >= 4 is 35.5 Å². The topological polar surface area (TPSA) is 348 Å². The minimum absolute atomic E-state index is 0.0312. The molecule has 0 aliphatic rings. The molecule has 48 heavy (non-hydrogen) atoms. The number of phenols is 1. The third-order valence-electron chi connectivity index (χ3n) is 7.07. The minimum atomic E-state index is -1.77. The van der Waals surface area contributed by atoms with Gasteiger partial charge in [-0.1, -0.05) is 12.1 Å². The summed E-state index contributed by atoms with van der Waals surface area (Å²) >= 11 is 0. The van der Waals surface area contributed by atoms with E-state index < -0.39 is 91.4 Å². The van der Waals surface area contributed by atoms with E-state index >= 15 is 0 Å². The highest BCUT2D eigenvalue weighted by atomic mass is 16.4. The Morgan fingerprint density at radius 1 is 0.750 bits per heavy atom. The lowest BCUT2D eigenvalue weighted by Crippen LogP contribution is -2.57. The van der Waals surface area contributed by atoms with Crippen molar-refractivity contribution in [2.45, 2.75) is 74.9 Å². The molecule has 6 unspecified atom stereocenters. The zero-order valence-electron chi connectivity index (χ0n) is 26.6. The third kappa shape index (κ3) is 16.4. The number of nitrogens with one attached hydrogen (secondary N) is 5. The van der Waals surface area contributed by atoms with E-state index in [1.165, 1.54) is 12.1 Å². The molecule has 1 rings (SSSR count). The number of benzene rings is 1. The van der Waals surface area contributed by atoms with Crippen LogP contribution in [0.15, 0.2) is 24.3 Å². The number of aromatic hydroxyl groups is 1. The molecule has 17 N–H and O–H groups in total. The number of rotatable bonds is 23. The van der Waals surface area contributed by atoms with E-state index in [1.54, 1.807) is 12.1 Å². The Morgan fingerprint density at radius 2 is 1.38 bits per heavy atom. The van der Waals surface area contributed by atoms with Gasteiger partial charge in [-0.05, 0) is 49.9 Å². The summed E-state index contributed by atoms with van der Waals surface area (Å²) in [6.45, 7) is -0.479. The molecule has 0 fully saturated rings. The molecular weight excluding hydrogens is 634 g/mol. The average molecular weight is 684 g/mol. The molecular formula is C29H49N9O10. The molecule has 0 saturated heterocycles. The summed E-state index contributed by atoms with van der Waals surface area (Å²) in [4.78, 5) is 72.8. The normalized spacial score (nSPS) is 14.7. The zero-order chi connectivity index (χ0) is 36.2. The van der Waals surface area contributed by atoms with E-state index in [1.807, 2.05) is 0 Å². The van der Waals surface area contributed by atoms with Crippen LogP contribution in [-0.4, -0.2) is 119 Å². The number of carboxylic acids is 1. The van der Waals surface area contributed by atoms with Crippen LogP contribution >= 0.6 is 0 Å². The van der Waals surface area contributed by atoms with Crippen LogP contribution in [0.1, 0.15) is 50.1 Å². The second kappa shape index (κ2) is 22.2. The van der Waals surface area contributed by atoms with Crippen LogP contribution in [-0.2, 0) is 28.8 Å². The number of carbonyl (C=O) groups excluding carboxylic acids is 5. The molecule has 0 heterocycles. The fourth-order valence-electron chi connectivity index (χ4n) is 4.18. The maximum atomic E-state index is 12.7. The van der Waals surface area contributed by atoms with E-state index in [4.69, 9.17) is 22.9 Å². The number of carboxylic acid groups (broad SMARTS) is 1. The van der Waals surface area contributed by atoms with Gasteiger partial charge >= 0.3 is 5.97 Å². The predicted molar refractivity (Wildman–Crippen MR) is 171 cm³/mol. The Kier molecular flexibility index (Phi) is 19.3. The lowest BCUT2D eigenvalue weighted by atomic mass is 10.00. The summed E-state index contributed by atoms with van der Waals surface area (Å²) in [6, 6.07) is 1.45. The Labute approximate surface area is 277 Å². The summed E-state index contributed by atoms with van der Waals surface area (Å²) in [5.41, 5.74) is 23.4. The van der Waals surface area contributed by atoms with Crippen molar-refractivity contribution in [1.29, 1.82) is 0 Å². The van der Waals surface area contributed by atoms with Gasteiger partial charge in [-0.15, -0.1) is 0 Å². The van der Waals surface area contributed by atoms with E-state index in [9.17, 15) is 49.2 Å². The molecule has 19 nitrogen and oxygen atoms in total. The van der Waals surface area contributed by atoms with Crippen LogP contribution in [0.2, 0.25) is 0 Å². The number of aliphatic hydroxyl groups excluding tert-OH is 2. The molecule has 19 heteroatoms. The summed E-state index contributed by atoms with van der Waals surface area (Å²) < 4.78 is 0. The Bertz CT molecular complexity index is 1200. The lowest BCUT2D eigenvalue weighted by molar-refractivity contribution is -0.142. The van der Waals surface area contributed by atoms with Gasteiger partial charge in [-0.2, -0.15) is 0 Å². The zero-order valence-corrected chi connectivity index (χ0v) is 26.6. The van der Waals surface area contributed by atoms with E-state index in [-0.39, 0.29) is 38.0 Å². The molecule has 1 aromatic carbocycles. The average Bonchev–Trinajstić information content (AvgIpc) is 3.04. The molecule has 0 saturated carbocycles. The first-order valence-corrected chi connectivity index (χ1v) is 15.4. The van der Waals surface area contributed by atoms with Gasteiger partial charge in [-0.3, -0.25) is 24.0 Å². The molecule has 1 aromatic rings. The van der Waals surface area contributed by atoms with Crippen molar-refractivity contribution in [2.24, 2.45) is 22.9 Å². The van der Waals surface area contributed by atoms with Crippen molar-refractivity contribution in [3.05, 3.63) is 29.8 Å². The quantitative estimate of drug-likeness (QED) is 0.0481. The first-order chi connectivity index (χ1) is 22.7. The molecule has 5 amide bonds. The number of hydrogen-bond donors (Lipinski definition) is 13. The number of carbonyl (C=O) groups is 6. The summed E-state index contributed by atoms with van der Waals surface area (Å²) in [7, 11) is 0. The Morgan fingerprint density at radius 3 is 1.98 bits per heavy atom. The molecule has 0 bridgehead atoms. The lowest BCUT2D eigenvalue weighted by Gasteiger charge is -2.23. The number of phenolic OH excluding ortho intramolecular Hbond substituents is 1. The SMILES string of the molecule is NCCCNC(=O)CNC(=O)CC(O)C(N)CCCC(NC(=O)C(CN)NC(=O)C(O)CNC(=O)CC(N)c1ccc(O)cc1)C(=O)O. The van der Waals surface area contributed by atoms with Crippen molar-refractivity contribution in [2.75, 3.05) is 32.7 Å². The summed E-state index contributed by atoms with van der Waals surface area (Å²) in [6.07, 6.45) is -2.97. The smallest absolute Gasteiger partial charge is 0.326 e. The molecule has 270 valence electrons. The van der Waals surface area contributed by atoms with Gasteiger partial charge in [0.1, 0.15) is 23.9 Å². The van der Waals surface area contributed by atoms with Gasteiger partial charge in [0, 0.05) is 31.6 Å². The number of aliphatic carboxylic acids is 1. The van der Waals surface area contributed by atoms with Gasteiger partial charge in [0.2, 0.25) is 23.6 Å². The van der Waals surface area contributed by atoms with Crippen LogP contribution in [0.25, 0.3) is 0 Å². The molecule has 0 aliphatic heterocycles. The van der Waals surface area contributed by atoms with E-state index in [2.05, 4.69) is 26.6 Å². The standard InChI is InChI=1S/C29H49N9O10/c30-9-2-10-34-26(44)15-36-25(43)12-22(40)18(32)3-1-4-20(29(47)48)37-27(45)21(13-31)38-28(46)23(41)14-35-24(42)11-19(33)16-5-7-17(39)8-6-16/h5-8,18-23,39-41H,1-4,9-15,30-33H2,(H,34,44)(H,35,42)(H,36,43)(H,37,45)(H,38,46)(H,47,48). The van der Waals surface area contributed by atoms with Gasteiger partial charge in [0.05, 0.1) is 25.6 Å². The maximum absolute atomic E-state index is 12.7. The van der Waals surface area contributed by atoms with E-state index in [0.29, 0.717) is 25.1 Å². The second-order valence-corrected chi connectivity index (χ2v) is 11.1. The highest BCUT2D eigenvalue weighted by Crippen LogP contribution is 2.17. The molecule has 0 aromatic heterocycles. The first kappa shape index (κ1) is 41.6. The second-order valence-electron chi connectivity index (χ2n) is 11.1. The monoisotopic (exact) mass is 683 g/mol. The largest absolute Gasteiger partial charge is 0.508 e. The number of nitrogens with two attached hydrogens (primary N) is 4. The fraction of sp³-hybridized carbons (Fsp3) is 0.586. The maximum Gasteiger partial charge on any atom is 0.326 e. The third-order valence-corrected chi connectivity index (χ3v) is 7.07. The van der Waals surface area contributed by atoms with Crippen LogP contribution in [0.5, 0.6) is 5.75 Å².